The first-order chi connectivity index (χ1) is 15.8. The summed E-state index contributed by atoms with van der Waals surface area (Å²) in [6.45, 7) is 7.16. The van der Waals surface area contributed by atoms with Gasteiger partial charge in [-0.3, -0.25) is 0 Å². The summed E-state index contributed by atoms with van der Waals surface area (Å²) in [6, 6.07) is 0. The highest BCUT2D eigenvalue weighted by atomic mass is 32.1. The Morgan fingerprint density at radius 2 is 0.818 bits per heavy atom. The molecule has 12 heteroatoms. The topological polar surface area (TPSA) is 93.7 Å². The summed E-state index contributed by atoms with van der Waals surface area (Å²) in [5.74, 6) is 0. The molecule has 0 bridgehead atoms. The molecular formula is C21H39N3O6S3. The second-order valence-corrected chi connectivity index (χ2v) is 9.44. The molecule has 0 amide bonds. The average molecular weight is 526 g/mol. The Kier molecular flexibility index (Phi) is 15.5. The third kappa shape index (κ3) is 10.6. The van der Waals surface area contributed by atoms with Crippen LogP contribution in [-0.2, 0) is 33.8 Å². The summed E-state index contributed by atoms with van der Waals surface area (Å²) >= 11 is 13.1. The van der Waals surface area contributed by atoms with Gasteiger partial charge in [-0.1, -0.05) is 40.0 Å². The fraction of sp³-hybridized carbons (Fsp3) is 0.857. The van der Waals surface area contributed by atoms with Gasteiger partial charge in [0.1, 0.15) is 16.3 Å². The van der Waals surface area contributed by atoms with Gasteiger partial charge in [0.2, 0.25) is 0 Å². The minimum atomic E-state index is -0.750. The predicted octanol–water partition coefficient (Wildman–Crippen LogP) is 2.39. The van der Waals surface area contributed by atoms with Gasteiger partial charge in [0.05, 0.1) is 19.6 Å². The maximum Gasteiger partial charge on any atom is 0.336 e. The second-order valence-electron chi connectivity index (χ2n) is 7.72. The van der Waals surface area contributed by atoms with Crippen molar-refractivity contribution in [2.75, 3.05) is 19.8 Å². The van der Waals surface area contributed by atoms with Gasteiger partial charge in [0.15, 0.2) is 0 Å². The molecule has 192 valence electrons. The number of aromatic nitrogens is 3. The van der Waals surface area contributed by atoms with Crippen molar-refractivity contribution in [2.45, 2.75) is 95.2 Å². The van der Waals surface area contributed by atoms with Gasteiger partial charge in [-0.2, -0.15) is 0 Å². The second kappa shape index (κ2) is 16.9. The molecular weight excluding hydrogens is 486 g/mol. The lowest BCUT2D eigenvalue weighted by atomic mass is 10.4. The maximum absolute atomic E-state index is 13.1. The quantitative estimate of drug-likeness (QED) is 0.155. The van der Waals surface area contributed by atoms with E-state index in [0.29, 0.717) is 19.8 Å². The zero-order chi connectivity index (χ0) is 24.8. The van der Waals surface area contributed by atoms with Crippen molar-refractivity contribution in [1.82, 2.24) is 13.7 Å². The molecule has 0 N–H and O–H groups in total. The average Bonchev–Trinajstić information content (AvgIpc) is 2.78. The summed E-state index contributed by atoms with van der Waals surface area (Å²) in [5.41, 5.74) is -4.29. The molecule has 0 spiro atoms. The Morgan fingerprint density at radius 3 is 1.03 bits per heavy atom. The summed E-state index contributed by atoms with van der Waals surface area (Å²) < 4.78 is 19.7. The fourth-order valence-electron chi connectivity index (χ4n) is 2.87. The van der Waals surface area contributed by atoms with Gasteiger partial charge < -0.3 is 14.2 Å². The van der Waals surface area contributed by atoms with Crippen molar-refractivity contribution in [3.63, 3.8) is 0 Å². The molecule has 0 radical (unpaired) electrons. The zero-order valence-electron chi connectivity index (χ0n) is 19.9. The number of unbranched alkanes of at least 4 members (excludes halogenated alkanes) is 3. The van der Waals surface area contributed by atoms with Gasteiger partial charge in [-0.05, 0) is 19.3 Å². The SMILES string of the molecule is CCCCOC(S)Cn1c(=O)n(CC(S)OCCCC)c(=O)n(CC(S)OCCCC)c1=O. The lowest BCUT2D eigenvalue weighted by molar-refractivity contribution is 0.0863. The minimum absolute atomic E-state index is 0.105. The van der Waals surface area contributed by atoms with Gasteiger partial charge in [0.25, 0.3) is 0 Å². The van der Waals surface area contributed by atoms with Crippen molar-refractivity contribution in [3.8, 4) is 0 Å². The fourth-order valence-corrected chi connectivity index (χ4v) is 3.68. The molecule has 1 aromatic rings. The van der Waals surface area contributed by atoms with E-state index >= 15 is 0 Å². The minimum Gasteiger partial charge on any atom is -0.366 e. The van der Waals surface area contributed by atoms with E-state index < -0.39 is 33.4 Å². The van der Waals surface area contributed by atoms with Crippen molar-refractivity contribution in [3.05, 3.63) is 31.5 Å². The van der Waals surface area contributed by atoms with Crippen molar-refractivity contribution >= 4 is 37.9 Å². The molecule has 1 heterocycles. The number of hydrogen-bond acceptors (Lipinski definition) is 9. The molecule has 33 heavy (non-hydrogen) atoms. The Bertz CT molecular complexity index is 717. The van der Waals surface area contributed by atoms with E-state index in [0.717, 1.165) is 52.2 Å². The number of rotatable bonds is 18. The zero-order valence-corrected chi connectivity index (χ0v) is 22.5. The highest BCUT2D eigenvalue weighted by Crippen LogP contribution is 2.05. The molecule has 3 atom stereocenters. The summed E-state index contributed by atoms with van der Waals surface area (Å²) in [4.78, 5) is 39.2. The van der Waals surface area contributed by atoms with Crippen molar-refractivity contribution in [1.29, 1.82) is 0 Å². The third-order valence-electron chi connectivity index (χ3n) is 4.83. The summed E-state index contributed by atoms with van der Waals surface area (Å²) in [6.07, 6.45) is 5.34. The van der Waals surface area contributed by atoms with Crippen LogP contribution in [0.15, 0.2) is 14.4 Å². The first-order valence-corrected chi connectivity index (χ1v) is 13.1. The van der Waals surface area contributed by atoms with Crippen LogP contribution < -0.4 is 17.1 Å². The van der Waals surface area contributed by atoms with Gasteiger partial charge >= 0.3 is 17.1 Å². The van der Waals surface area contributed by atoms with E-state index in [-0.39, 0.29) is 19.6 Å². The van der Waals surface area contributed by atoms with Gasteiger partial charge in [-0.25, -0.2) is 28.1 Å². The van der Waals surface area contributed by atoms with E-state index in [1.807, 2.05) is 20.8 Å². The molecule has 9 nitrogen and oxygen atoms in total. The van der Waals surface area contributed by atoms with E-state index in [1.54, 1.807) is 0 Å². The van der Waals surface area contributed by atoms with E-state index in [9.17, 15) is 14.4 Å². The molecule has 3 unspecified atom stereocenters. The van der Waals surface area contributed by atoms with Gasteiger partial charge in [0, 0.05) is 19.8 Å². The molecule has 0 saturated heterocycles. The lowest BCUT2D eigenvalue weighted by Gasteiger charge is -2.20. The maximum atomic E-state index is 13.1. The third-order valence-corrected chi connectivity index (χ3v) is 5.76. The van der Waals surface area contributed by atoms with Gasteiger partial charge in [-0.15, -0.1) is 37.9 Å². The van der Waals surface area contributed by atoms with Crippen LogP contribution in [0.25, 0.3) is 0 Å². The molecule has 0 aromatic carbocycles. The van der Waals surface area contributed by atoms with Crippen LogP contribution in [0.2, 0.25) is 0 Å². The highest BCUT2D eigenvalue weighted by molar-refractivity contribution is 7.81. The Balaban J connectivity index is 3.25. The van der Waals surface area contributed by atoms with Crippen LogP contribution >= 0.6 is 37.9 Å². The molecule has 0 saturated carbocycles. The smallest absolute Gasteiger partial charge is 0.336 e. The van der Waals surface area contributed by atoms with E-state index in [1.165, 1.54) is 0 Å². The van der Waals surface area contributed by atoms with Crippen LogP contribution in [0.5, 0.6) is 0 Å². The Labute approximate surface area is 212 Å². The van der Waals surface area contributed by atoms with E-state index in [2.05, 4.69) is 37.9 Å². The monoisotopic (exact) mass is 525 g/mol. The largest absolute Gasteiger partial charge is 0.366 e. The van der Waals surface area contributed by atoms with Crippen molar-refractivity contribution in [2.24, 2.45) is 0 Å². The van der Waals surface area contributed by atoms with E-state index in [4.69, 9.17) is 14.2 Å². The summed E-state index contributed by atoms with van der Waals surface area (Å²) in [7, 11) is 0. The normalized spacial score (nSPS) is 14.4. The molecule has 1 aromatic heterocycles. The molecule has 0 aliphatic heterocycles. The number of thiol groups is 3. The first-order valence-electron chi connectivity index (χ1n) is 11.6. The molecule has 0 aliphatic rings. The van der Waals surface area contributed by atoms with Crippen LogP contribution in [0.3, 0.4) is 0 Å². The Hall–Kier alpha value is -0.660. The van der Waals surface area contributed by atoms with Crippen molar-refractivity contribution < 1.29 is 14.2 Å². The molecule has 0 fully saturated rings. The standard InChI is InChI=1S/C21H39N3O6S3/c1-4-7-10-28-16(31)13-22-19(25)23(14-17(32)29-11-8-5-2)21(27)24(20(22)26)15-18(33)30-12-9-6-3/h16-18,31-33H,4-15H2,1-3H3. The van der Waals surface area contributed by atoms with Crippen LogP contribution in [0.1, 0.15) is 59.3 Å². The molecule has 0 aliphatic carbocycles. The lowest BCUT2D eigenvalue weighted by Crippen LogP contribution is -2.56. The number of hydrogen-bond donors (Lipinski definition) is 3. The summed E-state index contributed by atoms with van der Waals surface area (Å²) in [5, 5.41) is 0. The van der Waals surface area contributed by atoms with Crippen LogP contribution in [-0.4, -0.2) is 49.8 Å². The first kappa shape index (κ1) is 30.4. The number of ether oxygens (including phenoxy) is 3. The molecule has 1 rings (SSSR count). The van der Waals surface area contributed by atoms with Crippen LogP contribution in [0.4, 0.5) is 0 Å². The Morgan fingerprint density at radius 1 is 0.576 bits per heavy atom. The number of nitrogens with zero attached hydrogens (tertiary/aromatic N) is 3. The highest BCUT2D eigenvalue weighted by Gasteiger charge is 2.21. The predicted molar refractivity (Wildman–Crippen MR) is 140 cm³/mol. The van der Waals surface area contributed by atoms with Crippen LogP contribution in [0, 0.1) is 0 Å².